The maximum absolute atomic E-state index is 8.36. The summed E-state index contributed by atoms with van der Waals surface area (Å²) in [6.07, 6.45) is 11.1. The Kier molecular flexibility index (Phi) is 22.4. The summed E-state index contributed by atoms with van der Waals surface area (Å²) in [5, 5.41) is 6.89. The molecule has 0 aromatic heterocycles. The Morgan fingerprint density at radius 3 is 0.962 bits per heavy atom. The number of benzene rings is 1. The quantitative estimate of drug-likeness (QED) is 0.344. The van der Waals surface area contributed by atoms with Gasteiger partial charge in [-0.1, -0.05) is 89.8 Å². The summed E-state index contributed by atoms with van der Waals surface area (Å²) >= 11 is 0. The normalized spacial score (nSPS) is 10.2. The molecule has 1 rings (SSSR count). The summed E-state index contributed by atoms with van der Waals surface area (Å²) in [4.78, 5) is 8.36. The van der Waals surface area contributed by atoms with Crippen LogP contribution in [-0.2, 0) is 4.79 Å². The van der Waals surface area contributed by atoms with Gasteiger partial charge in [0, 0.05) is 0 Å². The van der Waals surface area contributed by atoms with E-state index in [-0.39, 0.29) is 6.47 Å². The number of quaternary nitrogens is 1. The van der Waals surface area contributed by atoms with Crippen molar-refractivity contribution in [2.75, 3.05) is 26.2 Å². The Bertz CT molecular complexity index is 304. The van der Waals surface area contributed by atoms with Crippen LogP contribution in [0.2, 0.25) is 0 Å². The molecule has 0 atom stereocenters. The fraction of sp³-hybridized carbons (Fsp3) is 0.696. The predicted octanol–water partition coefficient (Wildman–Crippen LogP) is 6.39. The van der Waals surface area contributed by atoms with Crippen molar-refractivity contribution in [3.05, 3.63) is 36.4 Å². The monoisotopic (exact) mass is 366 g/mol. The van der Waals surface area contributed by atoms with Crippen LogP contribution >= 0.6 is 0 Å². The Morgan fingerprint density at radius 2 is 0.808 bits per heavy atom. The van der Waals surface area contributed by atoms with E-state index in [4.69, 9.17) is 9.90 Å². The van der Waals surface area contributed by atoms with Crippen molar-refractivity contribution in [2.24, 2.45) is 0 Å². The van der Waals surface area contributed by atoms with Crippen LogP contribution in [0, 0.1) is 0 Å². The Hall–Kier alpha value is -1.35. The fourth-order valence-corrected chi connectivity index (χ4v) is 3.03. The predicted molar refractivity (Wildman–Crippen MR) is 114 cm³/mol. The van der Waals surface area contributed by atoms with E-state index in [0.29, 0.717) is 0 Å². The van der Waals surface area contributed by atoms with Crippen molar-refractivity contribution in [1.29, 1.82) is 0 Å². The number of hydrogen-bond donors (Lipinski definition) is 1. The highest BCUT2D eigenvalue weighted by molar-refractivity contribution is 5.32. The zero-order valence-electron chi connectivity index (χ0n) is 17.8. The third kappa shape index (κ3) is 17.5. The van der Waals surface area contributed by atoms with E-state index >= 15 is 0 Å². The minimum absolute atomic E-state index is 0.250. The molecule has 1 N–H and O–H groups in total. The highest BCUT2D eigenvalue weighted by Crippen LogP contribution is 2.16. The van der Waals surface area contributed by atoms with Gasteiger partial charge in [0.15, 0.2) is 0 Å². The van der Waals surface area contributed by atoms with Gasteiger partial charge in [0.25, 0.3) is 6.47 Å². The summed E-state index contributed by atoms with van der Waals surface area (Å²) in [6, 6.07) is 12.0. The Labute approximate surface area is 163 Å². The smallest absolute Gasteiger partial charge is 0.290 e. The van der Waals surface area contributed by atoms with Gasteiger partial charge in [-0.2, -0.15) is 0 Å². The molecule has 0 aliphatic rings. The van der Waals surface area contributed by atoms with E-state index in [0.717, 1.165) is 0 Å². The molecule has 26 heavy (non-hydrogen) atoms. The third-order valence-electron chi connectivity index (χ3n) is 4.61. The molecule has 0 aliphatic carbocycles. The number of carbonyl (C=O) groups is 1. The standard InChI is InChI=1S/C16H36N.C6H6.CH2O2/c1-5-9-13-17(14-10-6-2,15-11-7-3)16-12-8-4;1-2-4-6-5-3-1;2-1-3/h5-16H2,1-4H3;1-6H;1H,(H,2,3)/q+1;;. The van der Waals surface area contributed by atoms with Gasteiger partial charge >= 0.3 is 0 Å². The second-order valence-corrected chi connectivity index (χ2v) is 6.91. The Balaban J connectivity index is 0. The average molecular weight is 367 g/mol. The van der Waals surface area contributed by atoms with E-state index in [9.17, 15) is 0 Å². The number of hydrogen-bond acceptors (Lipinski definition) is 1. The SMILES string of the molecule is CCCC[N+](CCCC)(CCCC)CCCC.O=CO.c1ccccc1. The van der Waals surface area contributed by atoms with Crippen LogP contribution in [0.1, 0.15) is 79.1 Å². The second kappa shape index (κ2) is 21.7. The van der Waals surface area contributed by atoms with Gasteiger partial charge < -0.3 is 9.59 Å². The van der Waals surface area contributed by atoms with Gasteiger partial charge in [-0.15, -0.1) is 0 Å². The zero-order chi connectivity index (χ0) is 19.9. The molecule has 0 saturated carbocycles. The first-order chi connectivity index (χ1) is 12.7. The van der Waals surface area contributed by atoms with Gasteiger partial charge in [0.05, 0.1) is 26.2 Å². The first kappa shape index (κ1) is 26.9. The van der Waals surface area contributed by atoms with Gasteiger partial charge in [-0.25, -0.2) is 0 Å². The largest absolute Gasteiger partial charge is 0.483 e. The Morgan fingerprint density at radius 1 is 0.615 bits per heavy atom. The van der Waals surface area contributed by atoms with E-state index in [1.807, 2.05) is 36.4 Å². The zero-order valence-corrected chi connectivity index (χ0v) is 17.8. The molecule has 0 saturated heterocycles. The molecule has 3 heteroatoms. The van der Waals surface area contributed by atoms with Crippen molar-refractivity contribution in [3.63, 3.8) is 0 Å². The number of carboxylic acid groups (broad SMARTS) is 1. The van der Waals surface area contributed by atoms with Crippen LogP contribution in [-0.4, -0.2) is 42.2 Å². The van der Waals surface area contributed by atoms with Crippen LogP contribution in [0.4, 0.5) is 0 Å². The lowest BCUT2D eigenvalue weighted by Crippen LogP contribution is -2.50. The highest BCUT2D eigenvalue weighted by atomic mass is 16.3. The van der Waals surface area contributed by atoms with Crippen LogP contribution in [0.3, 0.4) is 0 Å². The lowest BCUT2D eigenvalue weighted by Gasteiger charge is -2.39. The molecular weight excluding hydrogens is 322 g/mol. The molecular formula is C23H44NO2+. The average Bonchev–Trinajstić information content (AvgIpc) is 2.69. The van der Waals surface area contributed by atoms with Gasteiger partial charge in [-0.3, -0.25) is 4.79 Å². The van der Waals surface area contributed by atoms with Crippen molar-refractivity contribution >= 4 is 6.47 Å². The number of rotatable bonds is 12. The highest BCUT2D eigenvalue weighted by Gasteiger charge is 2.24. The minimum Gasteiger partial charge on any atom is -0.483 e. The summed E-state index contributed by atoms with van der Waals surface area (Å²) < 4.78 is 1.42. The van der Waals surface area contributed by atoms with Crippen LogP contribution in [0.15, 0.2) is 36.4 Å². The molecule has 0 bridgehead atoms. The maximum atomic E-state index is 8.36. The molecule has 0 spiro atoms. The molecule has 1 aromatic rings. The minimum atomic E-state index is -0.250. The van der Waals surface area contributed by atoms with Crippen molar-refractivity contribution < 1.29 is 14.4 Å². The summed E-state index contributed by atoms with van der Waals surface area (Å²) in [5.74, 6) is 0. The van der Waals surface area contributed by atoms with Crippen LogP contribution in [0.25, 0.3) is 0 Å². The lowest BCUT2D eigenvalue weighted by molar-refractivity contribution is -0.929. The third-order valence-corrected chi connectivity index (χ3v) is 4.61. The molecule has 0 amide bonds. The number of unbranched alkanes of at least 4 members (excludes halogenated alkanes) is 4. The molecule has 1 aromatic carbocycles. The topological polar surface area (TPSA) is 37.3 Å². The second-order valence-electron chi connectivity index (χ2n) is 6.91. The summed E-state index contributed by atoms with van der Waals surface area (Å²) in [6.45, 7) is 14.8. The molecule has 0 aliphatic heterocycles. The van der Waals surface area contributed by atoms with E-state index < -0.39 is 0 Å². The molecule has 3 nitrogen and oxygen atoms in total. The molecule has 0 unspecified atom stereocenters. The van der Waals surface area contributed by atoms with Crippen molar-refractivity contribution in [1.82, 2.24) is 0 Å². The summed E-state index contributed by atoms with van der Waals surface area (Å²) in [5.41, 5.74) is 0. The van der Waals surface area contributed by atoms with Gasteiger partial charge in [0.2, 0.25) is 0 Å². The molecule has 0 heterocycles. The number of nitrogens with zero attached hydrogens (tertiary/aromatic N) is 1. The van der Waals surface area contributed by atoms with Gasteiger partial charge in [-0.05, 0) is 25.7 Å². The van der Waals surface area contributed by atoms with Gasteiger partial charge in [0.1, 0.15) is 0 Å². The molecule has 0 fully saturated rings. The molecule has 0 radical (unpaired) electrons. The summed E-state index contributed by atoms with van der Waals surface area (Å²) in [7, 11) is 0. The van der Waals surface area contributed by atoms with Crippen molar-refractivity contribution in [3.8, 4) is 0 Å². The van der Waals surface area contributed by atoms with Crippen molar-refractivity contribution in [2.45, 2.75) is 79.1 Å². The first-order valence-electron chi connectivity index (χ1n) is 10.6. The maximum Gasteiger partial charge on any atom is 0.290 e. The van der Waals surface area contributed by atoms with E-state index in [1.54, 1.807) is 0 Å². The van der Waals surface area contributed by atoms with E-state index in [1.165, 1.54) is 82.0 Å². The van der Waals surface area contributed by atoms with Crippen LogP contribution in [0.5, 0.6) is 0 Å². The van der Waals surface area contributed by atoms with E-state index in [2.05, 4.69) is 27.7 Å². The van der Waals surface area contributed by atoms with Crippen LogP contribution < -0.4 is 0 Å². The lowest BCUT2D eigenvalue weighted by atomic mass is 10.1. The molecule has 152 valence electrons. The fourth-order valence-electron chi connectivity index (χ4n) is 3.03. The first-order valence-corrected chi connectivity index (χ1v) is 10.6.